The van der Waals surface area contributed by atoms with Gasteiger partial charge in [0.2, 0.25) is 0 Å². The third-order valence-corrected chi connectivity index (χ3v) is 4.87. The van der Waals surface area contributed by atoms with Gasteiger partial charge < -0.3 is 9.47 Å². The average molecular weight is 434 g/mol. The molecule has 0 unspecified atom stereocenters. The highest BCUT2D eigenvalue weighted by Gasteiger charge is 2.26. The number of hydrogen-bond acceptors (Lipinski definition) is 6. The maximum Gasteiger partial charge on any atom is 0.263 e. The minimum Gasteiger partial charge on any atom is -0.493 e. The standard InChI is InChI=1S/C22H18N4O4S/c1-29-17-9-8-13(11-18(17)30-2)19-14(10-16-20(27)23-22(31)24-21(16)28)12-26(25-19)15-6-4-3-5-7-15/h3-12H,1-2H3,(H2,23,24,27,28,31). The molecule has 3 aromatic rings. The predicted octanol–water partition coefficient (Wildman–Crippen LogP) is 2.47. The zero-order chi connectivity index (χ0) is 22.0. The Kier molecular flexibility index (Phi) is 5.50. The van der Waals surface area contributed by atoms with Crippen molar-refractivity contribution >= 4 is 35.2 Å². The molecule has 0 aliphatic carbocycles. The number of para-hydroxylation sites is 1. The van der Waals surface area contributed by atoms with Gasteiger partial charge in [-0.3, -0.25) is 20.2 Å². The van der Waals surface area contributed by atoms with Crippen molar-refractivity contribution < 1.29 is 19.1 Å². The summed E-state index contributed by atoms with van der Waals surface area (Å²) in [6.45, 7) is 0. The Bertz CT molecular complexity index is 1200. The monoisotopic (exact) mass is 434 g/mol. The Morgan fingerprint density at radius 2 is 1.65 bits per heavy atom. The fourth-order valence-corrected chi connectivity index (χ4v) is 3.36. The van der Waals surface area contributed by atoms with Crippen LogP contribution < -0.4 is 20.1 Å². The molecule has 8 nitrogen and oxygen atoms in total. The Morgan fingerprint density at radius 3 is 2.29 bits per heavy atom. The van der Waals surface area contributed by atoms with E-state index in [4.69, 9.17) is 26.8 Å². The summed E-state index contributed by atoms with van der Waals surface area (Å²) < 4.78 is 12.4. The van der Waals surface area contributed by atoms with E-state index in [-0.39, 0.29) is 10.7 Å². The van der Waals surface area contributed by atoms with Crippen LogP contribution in [0.2, 0.25) is 0 Å². The van der Waals surface area contributed by atoms with E-state index in [0.717, 1.165) is 11.3 Å². The van der Waals surface area contributed by atoms with Crippen LogP contribution in [-0.4, -0.2) is 40.9 Å². The van der Waals surface area contributed by atoms with Crippen LogP contribution in [0.4, 0.5) is 0 Å². The van der Waals surface area contributed by atoms with Crippen molar-refractivity contribution in [2.75, 3.05) is 14.2 Å². The lowest BCUT2D eigenvalue weighted by Crippen LogP contribution is -2.51. The van der Waals surface area contributed by atoms with Crippen LogP contribution in [-0.2, 0) is 9.59 Å². The number of methoxy groups -OCH3 is 2. The number of aromatic nitrogens is 2. The molecule has 0 atom stereocenters. The number of rotatable bonds is 5. The van der Waals surface area contributed by atoms with Crippen LogP contribution in [0.5, 0.6) is 11.5 Å². The second-order valence-corrected chi connectivity index (χ2v) is 6.99. The minimum atomic E-state index is -0.570. The summed E-state index contributed by atoms with van der Waals surface area (Å²) in [5.41, 5.74) is 2.62. The van der Waals surface area contributed by atoms with Crippen LogP contribution in [0.3, 0.4) is 0 Å². The molecular weight excluding hydrogens is 416 g/mol. The van der Waals surface area contributed by atoms with E-state index in [1.807, 2.05) is 36.4 Å². The lowest BCUT2D eigenvalue weighted by Gasteiger charge is -2.16. The Morgan fingerprint density at radius 1 is 0.968 bits per heavy atom. The van der Waals surface area contributed by atoms with Gasteiger partial charge in [-0.15, -0.1) is 0 Å². The Labute approximate surface area is 183 Å². The van der Waals surface area contributed by atoms with Gasteiger partial charge in [0.05, 0.1) is 19.9 Å². The molecule has 0 spiro atoms. The summed E-state index contributed by atoms with van der Waals surface area (Å²) in [5.74, 6) is -0.0292. The third kappa shape index (κ3) is 4.03. The summed E-state index contributed by atoms with van der Waals surface area (Å²) >= 11 is 4.87. The van der Waals surface area contributed by atoms with Crippen LogP contribution >= 0.6 is 12.2 Å². The van der Waals surface area contributed by atoms with E-state index >= 15 is 0 Å². The maximum atomic E-state index is 12.3. The second kappa shape index (κ2) is 8.41. The number of thiocarbonyl (C=S) groups is 1. The zero-order valence-electron chi connectivity index (χ0n) is 16.7. The largest absolute Gasteiger partial charge is 0.493 e. The molecule has 0 saturated carbocycles. The molecule has 2 N–H and O–H groups in total. The molecule has 0 radical (unpaired) electrons. The van der Waals surface area contributed by atoms with E-state index in [1.165, 1.54) is 6.08 Å². The first-order valence-corrected chi connectivity index (χ1v) is 9.67. The summed E-state index contributed by atoms with van der Waals surface area (Å²) in [7, 11) is 3.11. The number of nitrogens with one attached hydrogen (secondary N) is 2. The van der Waals surface area contributed by atoms with Gasteiger partial charge in [0.1, 0.15) is 11.3 Å². The van der Waals surface area contributed by atoms with Crippen molar-refractivity contribution in [2.24, 2.45) is 0 Å². The van der Waals surface area contributed by atoms with E-state index in [2.05, 4.69) is 10.6 Å². The number of carbonyl (C=O) groups excluding carboxylic acids is 2. The van der Waals surface area contributed by atoms with E-state index in [1.54, 1.807) is 37.2 Å². The molecular formula is C22H18N4O4S. The maximum absolute atomic E-state index is 12.3. The molecule has 156 valence electrons. The van der Waals surface area contributed by atoms with Crippen molar-refractivity contribution in [3.63, 3.8) is 0 Å². The number of carbonyl (C=O) groups is 2. The SMILES string of the molecule is COc1ccc(-c2nn(-c3ccccc3)cc2C=C2C(=O)NC(=S)NC2=O)cc1OC. The van der Waals surface area contributed by atoms with Gasteiger partial charge in [-0.05, 0) is 48.6 Å². The van der Waals surface area contributed by atoms with Gasteiger partial charge in [-0.25, -0.2) is 4.68 Å². The van der Waals surface area contributed by atoms with Crippen molar-refractivity contribution in [3.8, 4) is 28.4 Å². The highest BCUT2D eigenvalue weighted by atomic mass is 32.1. The molecule has 9 heteroatoms. The van der Waals surface area contributed by atoms with Gasteiger partial charge in [0, 0.05) is 17.3 Å². The summed E-state index contributed by atoms with van der Waals surface area (Å²) in [6.07, 6.45) is 3.24. The predicted molar refractivity (Wildman–Crippen MR) is 119 cm³/mol. The van der Waals surface area contributed by atoms with Crippen molar-refractivity contribution in [3.05, 3.63) is 65.9 Å². The highest BCUT2D eigenvalue weighted by molar-refractivity contribution is 7.80. The number of ether oxygens (including phenoxy) is 2. The molecule has 0 bridgehead atoms. The molecule has 31 heavy (non-hydrogen) atoms. The molecule has 1 aliphatic rings. The van der Waals surface area contributed by atoms with Gasteiger partial charge >= 0.3 is 0 Å². The van der Waals surface area contributed by atoms with Crippen LogP contribution in [0.25, 0.3) is 23.0 Å². The first-order valence-electron chi connectivity index (χ1n) is 9.26. The molecule has 1 aliphatic heterocycles. The van der Waals surface area contributed by atoms with Gasteiger partial charge in [-0.2, -0.15) is 5.10 Å². The smallest absolute Gasteiger partial charge is 0.263 e. The number of amides is 2. The fourth-order valence-electron chi connectivity index (χ4n) is 3.18. The quantitative estimate of drug-likeness (QED) is 0.364. The van der Waals surface area contributed by atoms with E-state index in [9.17, 15) is 9.59 Å². The summed E-state index contributed by atoms with van der Waals surface area (Å²) in [5, 5.41) is 9.56. The molecule has 2 aromatic carbocycles. The Hall–Kier alpha value is -3.98. The molecule has 1 saturated heterocycles. The number of nitrogens with zero attached hydrogens (tertiary/aromatic N) is 2. The third-order valence-electron chi connectivity index (χ3n) is 4.66. The highest BCUT2D eigenvalue weighted by Crippen LogP contribution is 2.34. The molecule has 1 aromatic heterocycles. The molecule has 4 rings (SSSR count). The van der Waals surface area contributed by atoms with Gasteiger partial charge in [0.25, 0.3) is 11.8 Å². The minimum absolute atomic E-state index is 0.0211. The average Bonchev–Trinajstić information content (AvgIpc) is 3.20. The Balaban J connectivity index is 1.87. The van der Waals surface area contributed by atoms with Gasteiger partial charge in [0.15, 0.2) is 16.6 Å². The van der Waals surface area contributed by atoms with E-state index < -0.39 is 11.8 Å². The fraction of sp³-hybridized carbons (Fsp3) is 0.0909. The molecule has 2 heterocycles. The molecule has 1 fully saturated rings. The summed E-state index contributed by atoms with van der Waals surface area (Å²) in [4.78, 5) is 24.7. The lowest BCUT2D eigenvalue weighted by molar-refractivity contribution is -0.123. The van der Waals surface area contributed by atoms with Gasteiger partial charge in [-0.1, -0.05) is 18.2 Å². The van der Waals surface area contributed by atoms with Crippen LogP contribution in [0, 0.1) is 0 Å². The van der Waals surface area contributed by atoms with E-state index in [0.29, 0.717) is 22.8 Å². The van der Waals surface area contributed by atoms with Crippen molar-refractivity contribution in [2.45, 2.75) is 0 Å². The van der Waals surface area contributed by atoms with Crippen molar-refractivity contribution in [1.29, 1.82) is 0 Å². The first-order chi connectivity index (χ1) is 15.0. The second-order valence-electron chi connectivity index (χ2n) is 6.58. The summed E-state index contributed by atoms with van der Waals surface area (Å²) in [6, 6.07) is 14.9. The topological polar surface area (TPSA) is 94.5 Å². The molecule has 2 amide bonds. The lowest BCUT2D eigenvalue weighted by atomic mass is 10.0. The zero-order valence-corrected chi connectivity index (χ0v) is 17.5. The van der Waals surface area contributed by atoms with Crippen LogP contribution in [0.1, 0.15) is 5.56 Å². The van der Waals surface area contributed by atoms with Crippen LogP contribution in [0.15, 0.2) is 60.3 Å². The van der Waals surface area contributed by atoms with Crippen molar-refractivity contribution in [1.82, 2.24) is 20.4 Å². The first kappa shape index (κ1) is 20.3. The normalized spacial score (nSPS) is 13.5. The number of hydrogen-bond donors (Lipinski definition) is 2. The number of benzene rings is 2.